The van der Waals surface area contributed by atoms with Gasteiger partial charge in [0, 0.05) is 18.5 Å². The first-order valence-corrected chi connectivity index (χ1v) is 8.85. The second-order valence-electron chi connectivity index (χ2n) is 5.25. The quantitative estimate of drug-likeness (QED) is 0.818. The van der Waals surface area contributed by atoms with E-state index in [1.165, 1.54) is 26.4 Å². The summed E-state index contributed by atoms with van der Waals surface area (Å²) in [5, 5.41) is 2.69. The van der Waals surface area contributed by atoms with Crippen molar-refractivity contribution in [1.82, 2.24) is 5.32 Å². The molecule has 0 aromatic heterocycles. The zero-order chi connectivity index (χ0) is 16.2. The van der Waals surface area contributed by atoms with Gasteiger partial charge >= 0.3 is 0 Å². The molecule has 0 radical (unpaired) electrons. The van der Waals surface area contributed by atoms with E-state index < -0.39 is 9.84 Å². The fraction of sp³-hybridized carbons (Fsp3) is 0.533. The molecule has 1 fully saturated rings. The molecule has 1 aliphatic carbocycles. The lowest BCUT2D eigenvalue weighted by atomic mass is 9.85. The Labute approximate surface area is 130 Å². The molecule has 122 valence electrons. The van der Waals surface area contributed by atoms with Crippen LogP contribution in [0.15, 0.2) is 23.1 Å². The molecule has 2 rings (SSSR count). The summed E-state index contributed by atoms with van der Waals surface area (Å²) in [6.07, 6.45) is 2.87. The number of methoxy groups -OCH3 is 2. The molecule has 1 saturated carbocycles. The Balaban J connectivity index is 1.98. The fourth-order valence-electron chi connectivity index (χ4n) is 2.25. The minimum Gasteiger partial charge on any atom is -0.493 e. The lowest BCUT2D eigenvalue weighted by Gasteiger charge is -2.23. The Kier molecular flexibility index (Phi) is 5.28. The van der Waals surface area contributed by atoms with Gasteiger partial charge in [0.1, 0.15) is 0 Å². The van der Waals surface area contributed by atoms with Crippen LogP contribution in [0, 0.1) is 5.92 Å². The van der Waals surface area contributed by atoms with Crippen molar-refractivity contribution in [2.24, 2.45) is 5.92 Å². The van der Waals surface area contributed by atoms with Gasteiger partial charge in [0.05, 0.1) is 24.9 Å². The van der Waals surface area contributed by atoms with E-state index in [0.717, 1.165) is 19.3 Å². The maximum absolute atomic E-state index is 12.3. The zero-order valence-electron chi connectivity index (χ0n) is 12.8. The number of carbonyl (C=O) groups is 1. The summed E-state index contributed by atoms with van der Waals surface area (Å²) in [4.78, 5) is 11.8. The highest BCUT2D eigenvalue weighted by Crippen LogP contribution is 2.30. The SMILES string of the molecule is COc1ccc(S(=O)(=O)CCNC(=O)C2CCC2)cc1OC. The van der Waals surface area contributed by atoms with Crippen LogP contribution in [-0.4, -0.2) is 40.8 Å². The van der Waals surface area contributed by atoms with Crippen molar-refractivity contribution in [3.63, 3.8) is 0 Å². The summed E-state index contributed by atoms with van der Waals surface area (Å²) < 4.78 is 34.8. The van der Waals surface area contributed by atoms with Crippen molar-refractivity contribution < 1.29 is 22.7 Å². The van der Waals surface area contributed by atoms with Gasteiger partial charge in [-0.25, -0.2) is 8.42 Å². The number of amides is 1. The van der Waals surface area contributed by atoms with Gasteiger partial charge in [-0.05, 0) is 25.0 Å². The monoisotopic (exact) mass is 327 g/mol. The number of benzene rings is 1. The zero-order valence-corrected chi connectivity index (χ0v) is 13.6. The van der Waals surface area contributed by atoms with E-state index in [-0.39, 0.29) is 29.0 Å². The van der Waals surface area contributed by atoms with Crippen molar-refractivity contribution in [1.29, 1.82) is 0 Å². The second kappa shape index (κ2) is 7.00. The molecule has 0 saturated heterocycles. The Morgan fingerprint density at radius 1 is 1.23 bits per heavy atom. The van der Waals surface area contributed by atoms with Crippen LogP contribution in [0.5, 0.6) is 11.5 Å². The summed E-state index contributed by atoms with van der Waals surface area (Å²) in [7, 11) is -0.539. The predicted octanol–water partition coefficient (Wildman–Crippen LogP) is 1.39. The first kappa shape index (κ1) is 16.6. The minimum atomic E-state index is -3.48. The Hall–Kier alpha value is -1.76. The largest absolute Gasteiger partial charge is 0.493 e. The van der Waals surface area contributed by atoms with Crippen molar-refractivity contribution in [3.05, 3.63) is 18.2 Å². The number of nitrogens with one attached hydrogen (secondary N) is 1. The van der Waals surface area contributed by atoms with Crippen molar-refractivity contribution >= 4 is 15.7 Å². The third-order valence-electron chi connectivity index (χ3n) is 3.86. The molecule has 22 heavy (non-hydrogen) atoms. The molecule has 1 amide bonds. The first-order valence-electron chi connectivity index (χ1n) is 7.20. The summed E-state index contributed by atoms with van der Waals surface area (Å²) in [5.41, 5.74) is 0. The van der Waals surface area contributed by atoms with Crippen LogP contribution in [0.2, 0.25) is 0 Å². The molecular formula is C15H21NO5S. The van der Waals surface area contributed by atoms with Crippen LogP contribution in [0.1, 0.15) is 19.3 Å². The van der Waals surface area contributed by atoms with E-state index in [1.54, 1.807) is 6.07 Å². The highest BCUT2D eigenvalue weighted by atomic mass is 32.2. The Morgan fingerprint density at radius 2 is 1.91 bits per heavy atom. The number of rotatable bonds is 7. The number of carbonyl (C=O) groups excluding carboxylic acids is 1. The van der Waals surface area contributed by atoms with Crippen LogP contribution >= 0.6 is 0 Å². The van der Waals surface area contributed by atoms with Gasteiger partial charge in [0.25, 0.3) is 0 Å². The maximum Gasteiger partial charge on any atom is 0.223 e. The predicted molar refractivity (Wildman–Crippen MR) is 81.9 cm³/mol. The van der Waals surface area contributed by atoms with Crippen LogP contribution in [0.25, 0.3) is 0 Å². The average molecular weight is 327 g/mol. The number of ether oxygens (including phenoxy) is 2. The lowest BCUT2D eigenvalue weighted by molar-refractivity contribution is -0.127. The lowest BCUT2D eigenvalue weighted by Crippen LogP contribution is -2.37. The van der Waals surface area contributed by atoms with E-state index in [4.69, 9.17) is 9.47 Å². The Bertz CT molecular complexity index is 637. The summed E-state index contributed by atoms with van der Waals surface area (Å²) >= 11 is 0. The van der Waals surface area contributed by atoms with E-state index >= 15 is 0 Å². The van der Waals surface area contributed by atoms with Crippen LogP contribution in [0.4, 0.5) is 0 Å². The topological polar surface area (TPSA) is 81.7 Å². The highest BCUT2D eigenvalue weighted by Gasteiger charge is 2.25. The molecule has 0 atom stereocenters. The molecule has 1 aromatic rings. The first-order chi connectivity index (χ1) is 10.5. The summed E-state index contributed by atoms with van der Waals surface area (Å²) in [6.45, 7) is 0.117. The fourth-order valence-corrected chi connectivity index (χ4v) is 3.42. The summed E-state index contributed by atoms with van der Waals surface area (Å²) in [6, 6.07) is 4.46. The molecule has 1 aliphatic rings. The van der Waals surface area contributed by atoms with Crippen LogP contribution in [-0.2, 0) is 14.6 Å². The van der Waals surface area contributed by atoms with E-state index in [1.807, 2.05) is 0 Å². The molecular weight excluding hydrogens is 306 g/mol. The molecule has 1 N–H and O–H groups in total. The number of hydrogen-bond acceptors (Lipinski definition) is 5. The highest BCUT2D eigenvalue weighted by molar-refractivity contribution is 7.91. The minimum absolute atomic E-state index is 0.0474. The number of sulfone groups is 1. The van der Waals surface area contributed by atoms with E-state index in [2.05, 4.69) is 5.32 Å². The standard InChI is InChI=1S/C15H21NO5S/c1-20-13-7-6-12(10-14(13)21-2)22(18,19)9-8-16-15(17)11-4-3-5-11/h6-7,10-11H,3-5,8-9H2,1-2H3,(H,16,17). The third-order valence-corrected chi connectivity index (χ3v) is 5.57. The van der Waals surface area contributed by atoms with Crippen molar-refractivity contribution in [3.8, 4) is 11.5 Å². The van der Waals surface area contributed by atoms with Gasteiger partial charge in [-0.1, -0.05) is 6.42 Å². The molecule has 0 bridgehead atoms. The van der Waals surface area contributed by atoms with E-state index in [0.29, 0.717) is 11.5 Å². The molecule has 0 unspecified atom stereocenters. The van der Waals surface area contributed by atoms with Crippen LogP contribution < -0.4 is 14.8 Å². The summed E-state index contributed by atoms with van der Waals surface area (Å²) in [5.74, 6) is 0.709. The molecule has 7 heteroatoms. The normalized spacial score (nSPS) is 15.0. The molecule has 0 heterocycles. The van der Waals surface area contributed by atoms with Gasteiger partial charge in [-0.15, -0.1) is 0 Å². The van der Waals surface area contributed by atoms with Crippen LogP contribution in [0.3, 0.4) is 0 Å². The van der Waals surface area contributed by atoms with Crippen molar-refractivity contribution in [2.75, 3.05) is 26.5 Å². The van der Waals surface area contributed by atoms with Gasteiger partial charge < -0.3 is 14.8 Å². The third kappa shape index (κ3) is 3.71. The van der Waals surface area contributed by atoms with Gasteiger partial charge in [-0.2, -0.15) is 0 Å². The van der Waals surface area contributed by atoms with Gasteiger partial charge in [-0.3, -0.25) is 4.79 Å². The average Bonchev–Trinajstić information content (AvgIpc) is 2.44. The molecule has 6 nitrogen and oxygen atoms in total. The maximum atomic E-state index is 12.3. The molecule has 0 spiro atoms. The second-order valence-corrected chi connectivity index (χ2v) is 7.36. The van der Waals surface area contributed by atoms with Gasteiger partial charge in [0.2, 0.25) is 5.91 Å². The smallest absolute Gasteiger partial charge is 0.223 e. The molecule has 0 aliphatic heterocycles. The molecule has 1 aromatic carbocycles. The van der Waals surface area contributed by atoms with Crippen molar-refractivity contribution in [2.45, 2.75) is 24.2 Å². The van der Waals surface area contributed by atoms with Gasteiger partial charge in [0.15, 0.2) is 21.3 Å². The number of hydrogen-bond donors (Lipinski definition) is 1. The van der Waals surface area contributed by atoms with E-state index in [9.17, 15) is 13.2 Å². The Morgan fingerprint density at radius 3 is 2.45 bits per heavy atom.